The molecule has 0 bridgehead atoms. The highest BCUT2D eigenvalue weighted by molar-refractivity contribution is 5.86. The fourth-order valence-corrected chi connectivity index (χ4v) is 3.78. The summed E-state index contributed by atoms with van der Waals surface area (Å²) in [6.07, 6.45) is 3.31. The first-order valence-electron chi connectivity index (χ1n) is 8.09. The van der Waals surface area contributed by atoms with Crippen LogP contribution in [0.15, 0.2) is 18.2 Å². The van der Waals surface area contributed by atoms with Crippen molar-refractivity contribution in [3.63, 3.8) is 0 Å². The number of rotatable bonds is 3. The van der Waals surface area contributed by atoms with Crippen molar-refractivity contribution in [3.05, 3.63) is 34.9 Å². The highest BCUT2D eigenvalue weighted by atomic mass is 16.4. The van der Waals surface area contributed by atoms with Gasteiger partial charge < -0.3 is 10.0 Å². The van der Waals surface area contributed by atoms with Gasteiger partial charge in [0.2, 0.25) is 5.91 Å². The molecule has 1 aromatic carbocycles. The minimum atomic E-state index is -0.827. The molecule has 0 aromatic heterocycles. The number of carboxylic acid groups (broad SMARTS) is 1. The first kappa shape index (κ1) is 15.1. The molecule has 118 valence electrons. The van der Waals surface area contributed by atoms with Gasteiger partial charge in [0.1, 0.15) is 0 Å². The maximum absolute atomic E-state index is 12.8. The molecule has 1 amide bonds. The number of carbonyl (C=O) groups excluding carboxylic acids is 1. The van der Waals surface area contributed by atoms with Crippen molar-refractivity contribution >= 4 is 11.9 Å². The second-order valence-electron chi connectivity index (χ2n) is 6.68. The number of amides is 1. The SMILES string of the molecule is Cc1ccc(C)c(C2CCCN2C(=O)C2CCC2C(=O)O)c1. The number of nitrogens with zero attached hydrogens (tertiary/aromatic N) is 1. The van der Waals surface area contributed by atoms with Gasteiger partial charge in [-0.25, -0.2) is 0 Å². The Morgan fingerprint density at radius 3 is 2.50 bits per heavy atom. The molecule has 1 aromatic rings. The summed E-state index contributed by atoms with van der Waals surface area (Å²) in [5, 5.41) is 9.19. The van der Waals surface area contributed by atoms with Crippen LogP contribution in [0.2, 0.25) is 0 Å². The molecular formula is C18H23NO3. The van der Waals surface area contributed by atoms with Gasteiger partial charge in [-0.2, -0.15) is 0 Å². The first-order valence-corrected chi connectivity index (χ1v) is 8.09. The van der Waals surface area contributed by atoms with Crippen molar-refractivity contribution in [1.29, 1.82) is 0 Å². The lowest BCUT2D eigenvalue weighted by Gasteiger charge is -2.37. The molecule has 1 saturated heterocycles. The second-order valence-corrected chi connectivity index (χ2v) is 6.68. The maximum atomic E-state index is 12.8. The quantitative estimate of drug-likeness (QED) is 0.933. The van der Waals surface area contributed by atoms with Gasteiger partial charge in [-0.1, -0.05) is 23.8 Å². The summed E-state index contributed by atoms with van der Waals surface area (Å²) in [5.41, 5.74) is 3.63. The van der Waals surface area contributed by atoms with Gasteiger partial charge in [0.05, 0.1) is 17.9 Å². The highest BCUT2D eigenvalue weighted by Gasteiger charge is 2.45. The van der Waals surface area contributed by atoms with E-state index >= 15 is 0 Å². The zero-order chi connectivity index (χ0) is 15.9. The summed E-state index contributed by atoms with van der Waals surface area (Å²) in [6.45, 7) is 4.90. The Morgan fingerprint density at radius 1 is 1.14 bits per heavy atom. The third-order valence-corrected chi connectivity index (χ3v) is 5.24. The largest absolute Gasteiger partial charge is 0.481 e. The van der Waals surface area contributed by atoms with Crippen LogP contribution in [0.1, 0.15) is 48.4 Å². The smallest absolute Gasteiger partial charge is 0.307 e. The summed E-state index contributed by atoms with van der Waals surface area (Å²) in [4.78, 5) is 25.9. The number of aliphatic carboxylic acids is 1. The number of hydrogen-bond acceptors (Lipinski definition) is 2. The Kier molecular flexibility index (Phi) is 3.94. The Morgan fingerprint density at radius 2 is 1.86 bits per heavy atom. The number of hydrogen-bond donors (Lipinski definition) is 1. The molecule has 1 N–H and O–H groups in total. The van der Waals surface area contributed by atoms with Gasteiger partial charge in [0.15, 0.2) is 0 Å². The van der Waals surface area contributed by atoms with Gasteiger partial charge in [-0.15, -0.1) is 0 Å². The van der Waals surface area contributed by atoms with Crippen molar-refractivity contribution < 1.29 is 14.7 Å². The van der Waals surface area contributed by atoms with E-state index in [4.69, 9.17) is 0 Å². The van der Waals surface area contributed by atoms with Crippen LogP contribution in [-0.2, 0) is 9.59 Å². The topological polar surface area (TPSA) is 57.6 Å². The molecule has 3 atom stereocenters. The minimum absolute atomic E-state index is 0.0436. The monoisotopic (exact) mass is 301 g/mol. The van der Waals surface area contributed by atoms with Gasteiger partial charge in [0.25, 0.3) is 0 Å². The maximum Gasteiger partial charge on any atom is 0.307 e. The van der Waals surface area contributed by atoms with Crippen molar-refractivity contribution in [1.82, 2.24) is 4.90 Å². The fraction of sp³-hybridized carbons (Fsp3) is 0.556. The van der Waals surface area contributed by atoms with Crippen molar-refractivity contribution in [2.24, 2.45) is 11.8 Å². The normalized spacial score (nSPS) is 27.5. The lowest BCUT2D eigenvalue weighted by molar-refractivity contribution is -0.157. The number of carboxylic acids is 1. The zero-order valence-electron chi connectivity index (χ0n) is 13.2. The lowest BCUT2D eigenvalue weighted by Crippen LogP contribution is -2.45. The zero-order valence-corrected chi connectivity index (χ0v) is 13.2. The molecule has 0 spiro atoms. The molecule has 2 aliphatic rings. The first-order chi connectivity index (χ1) is 10.5. The summed E-state index contributed by atoms with van der Waals surface area (Å²) in [6, 6.07) is 6.48. The molecule has 1 heterocycles. The van der Waals surface area contributed by atoms with E-state index in [2.05, 4.69) is 32.0 Å². The predicted molar refractivity (Wildman–Crippen MR) is 83.5 cm³/mol. The van der Waals surface area contributed by atoms with Crippen LogP contribution in [0, 0.1) is 25.7 Å². The van der Waals surface area contributed by atoms with E-state index in [0.717, 1.165) is 19.4 Å². The summed E-state index contributed by atoms with van der Waals surface area (Å²) < 4.78 is 0. The van der Waals surface area contributed by atoms with Crippen molar-refractivity contribution in [2.45, 2.75) is 45.6 Å². The van der Waals surface area contributed by atoms with Crippen LogP contribution >= 0.6 is 0 Å². The number of aryl methyl sites for hydroxylation is 2. The van der Waals surface area contributed by atoms with Crippen molar-refractivity contribution in [2.75, 3.05) is 6.54 Å². The Labute approximate surface area is 131 Å². The number of likely N-dealkylation sites (tertiary alicyclic amines) is 1. The molecule has 4 heteroatoms. The third kappa shape index (κ3) is 2.51. The Balaban J connectivity index is 1.83. The van der Waals surface area contributed by atoms with Crippen LogP contribution in [0.4, 0.5) is 0 Å². The minimum Gasteiger partial charge on any atom is -0.481 e. The molecule has 3 unspecified atom stereocenters. The molecule has 22 heavy (non-hydrogen) atoms. The Bertz CT molecular complexity index is 610. The molecule has 0 radical (unpaired) electrons. The second kappa shape index (κ2) is 5.75. The van der Waals surface area contributed by atoms with Crippen LogP contribution in [0.3, 0.4) is 0 Å². The molecular weight excluding hydrogens is 278 g/mol. The number of carbonyl (C=O) groups is 2. The third-order valence-electron chi connectivity index (χ3n) is 5.24. The predicted octanol–water partition coefficient (Wildman–Crippen LogP) is 3.08. The Hall–Kier alpha value is -1.84. The lowest BCUT2D eigenvalue weighted by atomic mass is 9.72. The molecule has 3 rings (SSSR count). The van der Waals surface area contributed by atoms with Gasteiger partial charge in [0, 0.05) is 6.54 Å². The van der Waals surface area contributed by atoms with E-state index in [1.54, 1.807) is 0 Å². The molecule has 1 saturated carbocycles. The summed E-state index contributed by atoms with van der Waals surface area (Å²) >= 11 is 0. The van der Waals surface area contributed by atoms with Crippen LogP contribution in [0.25, 0.3) is 0 Å². The average Bonchev–Trinajstić information content (AvgIpc) is 2.88. The molecule has 2 fully saturated rings. The van der Waals surface area contributed by atoms with Gasteiger partial charge in [-0.3, -0.25) is 9.59 Å². The molecule has 1 aliphatic carbocycles. The standard InChI is InChI=1S/C18H23NO3/c1-11-5-6-12(2)15(10-11)16-4-3-9-19(16)17(20)13-7-8-14(13)18(21)22/h5-6,10,13-14,16H,3-4,7-9H2,1-2H3,(H,21,22). The highest BCUT2D eigenvalue weighted by Crippen LogP contribution is 2.41. The number of benzene rings is 1. The average molecular weight is 301 g/mol. The van der Waals surface area contributed by atoms with Gasteiger partial charge >= 0.3 is 5.97 Å². The van der Waals surface area contributed by atoms with Crippen LogP contribution in [0.5, 0.6) is 0 Å². The summed E-state index contributed by atoms with van der Waals surface area (Å²) in [7, 11) is 0. The fourth-order valence-electron chi connectivity index (χ4n) is 3.78. The molecule has 1 aliphatic heterocycles. The van der Waals surface area contributed by atoms with E-state index in [1.165, 1.54) is 16.7 Å². The van der Waals surface area contributed by atoms with E-state index in [9.17, 15) is 14.7 Å². The van der Waals surface area contributed by atoms with E-state index in [0.29, 0.717) is 12.8 Å². The van der Waals surface area contributed by atoms with Gasteiger partial charge in [-0.05, 0) is 50.7 Å². The van der Waals surface area contributed by atoms with E-state index in [-0.39, 0.29) is 17.9 Å². The van der Waals surface area contributed by atoms with Crippen LogP contribution < -0.4 is 0 Å². The van der Waals surface area contributed by atoms with Crippen LogP contribution in [-0.4, -0.2) is 28.4 Å². The molecule has 4 nitrogen and oxygen atoms in total. The van der Waals surface area contributed by atoms with E-state index < -0.39 is 11.9 Å². The van der Waals surface area contributed by atoms with E-state index in [1.807, 2.05) is 4.90 Å². The van der Waals surface area contributed by atoms with Crippen molar-refractivity contribution in [3.8, 4) is 0 Å². The summed E-state index contributed by atoms with van der Waals surface area (Å²) in [5.74, 6) is -1.58.